The number of unbranched alkanes of at least 4 members (excludes halogenated alkanes) is 1. The largest absolute Gasteiger partial charge is 0.356 e. The third kappa shape index (κ3) is 11.6. The van der Waals surface area contributed by atoms with Crippen LogP contribution in [0.15, 0.2) is 4.99 Å². The van der Waals surface area contributed by atoms with Gasteiger partial charge in [-0.3, -0.25) is 9.79 Å². The number of carbonyl (C=O) groups is 1. The minimum atomic E-state index is 0. The molecule has 0 atom stereocenters. The van der Waals surface area contributed by atoms with Gasteiger partial charge in [0.25, 0.3) is 0 Å². The molecule has 0 radical (unpaired) electrons. The molecule has 0 aromatic heterocycles. The van der Waals surface area contributed by atoms with Crippen LogP contribution in [0.25, 0.3) is 0 Å². The van der Waals surface area contributed by atoms with E-state index in [0.717, 1.165) is 31.4 Å². The van der Waals surface area contributed by atoms with Gasteiger partial charge >= 0.3 is 0 Å². The molecule has 1 aliphatic carbocycles. The average molecular weight is 438 g/mol. The van der Waals surface area contributed by atoms with Crippen molar-refractivity contribution in [2.24, 2.45) is 10.9 Å². The summed E-state index contributed by atoms with van der Waals surface area (Å²) in [7, 11) is 1.77. The SMILES string of the molecule is CCCNC(=O)CCNC(=NC)NCCCCC1CCCC1.I. The van der Waals surface area contributed by atoms with Crippen molar-refractivity contribution >= 4 is 35.8 Å². The van der Waals surface area contributed by atoms with Crippen molar-refractivity contribution in [1.82, 2.24) is 16.0 Å². The Hall–Kier alpha value is -0.530. The fraction of sp³-hybridized carbons (Fsp3) is 0.882. The molecule has 0 bridgehead atoms. The van der Waals surface area contributed by atoms with Crippen LogP contribution in [0.4, 0.5) is 0 Å². The summed E-state index contributed by atoms with van der Waals surface area (Å²) in [6.07, 6.45) is 11.1. The molecule has 0 unspecified atom stereocenters. The van der Waals surface area contributed by atoms with E-state index in [1.807, 2.05) is 0 Å². The van der Waals surface area contributed by atoms with E-state index in [-0.39, 0.29) is 29.9 Å². The van der Waals surface area contributed by atoms with Crippen LogP contribution in [0.1, 0.15) is 64.7 Å². The fourth-order valence-electron chi connectivity index (χ4n) is 2.93. The molecule has 0 saturated heterocycles. The molecule has 3 N–H and O–H groups in total. The van der Waals surface area contributed by atoms with Gasteiger partial charge in [-0.15, -0.1) is 24.0 Å². The van der Waals surface area contributed by atoms with Gasteiger partial charge in [-0.1, -0.05) is 45.4 Å². The highest BCUT2D eigenvalue weighted by atomic mass is 127. The molecule has 136 valence electrons. The molecule has 6 heteroatoms. The van der Waals surface area contributed by atoms with Gasteiger partial charge in [0, 0.05) is 33.1 Å². The highest BCUT2D eigenvalue weighted by molar-refractivity contribution is 14.0. The predicted octanol–water partition coefficient (Wildman–Crippen LogP) is 3.05. The molecule has 0 aliphatic heterocycles. The molecule has 23 heavy (non-hydrogen) atoms. The summed E-state index contributed by atoms with van der Waals surface area (Å²) in [4.78, 5) is 15.7. The lowest BCUT2D eigenvalue weighted by Crippen LogP contribution is -2.39. The molecule has 0 heterocycles. The van der Waals surface area contributed by atoms with Crippen molar-refractivity contribution < 1.29 is 4.79 Å². The molecule has 0 spiro atoms. The van der Waals surface area contributed by atoms with E-state index in [1.165, 1.54) is 44.9 Å². The molecule has 1 rings (SSSR count). The normalized spacial score (nSPS) is 15.1. The van der Waals surface area contributed by atoms with Gasteiger partial charge in [0.05, 0.1) is 0 Å². The first-order valence-electron chi connectivity index (χ1n) is 8.97. The van der Waals surface area contributed by atoms with E-state index in [1.54, 1.807) is 7.05 Å². The van der Waals surface area contributed by atoms with E-state index in [0.29, 0.717) is 13.0 Å². The zero-order chi connectivity index (χ0) is 16.0. The summed E-state index contributed by atoms with van der Waals surface area (Å²) in [5.41, 5.74) is 0. The fourth-order valence-corrected chi connectivity index (χ4v) is 2.93. The lowest BCUT2D eigenvalue weighted by molar-refractivity contribution is -0.120. The molecule has 1 aliphatic rings. The zero-order valence-corrected chi connectivity index (χ0v) is 17.2. The topological polar surface area (TPSA) is 65.5 Å². The van der Waals surface area contributed by atoms with Gasteiger partial charge < -0.3 is 16.0 Å². The summed E-state index contributed by atoms with van der Waals surface area (Å²) < 4.78 is 0. The Morgan fingerprint density at radius 3 is 2.39 bits per heavy atom. The Kier molecular flexibility index (Phi) is 14.7. The maximum atomic E-state index is 11.5. The zero-order valence-electron chi connectivity index (χ0n) is 14.8. The maximum Gasteiger partial charge on any atom is 0.221 e. The van der Waals surface area contributed by atoms with Crippen LogP contribution in [0.2, 0.25) is 0 Å². The minimum Gasteiger partial charge on any atom is -0.356 e. The van der Waals surface area contributed by atoms with Gasteiger partial charge in [-0.25, -0.2) is 0 Å². The molecule has 1 saturated carbocycles. The van der Waals surface area contributed by atoms with Crippen LogP contribution < -0.4 is 16.0 Å². The highest BCUT2D eigenvalue weighted by Crippen LogP contribution is 2.28. The first-order valence-corrected chi connectivity index (χ1v) is 8.97. The van der Waals surface area contributed by atoms with E-state index in [4.69, 9.17) is 0 Å². The number of hydrogen-bond acceptors (Lipinski definition) is 2. The van der Waals surface area contributed by atoms with Crippen LogP contribution >= 0.6 is 24.0 Å². The first kappa shape index (κ1) is 22.5. The first-order chi connectivity index (χ1) is 10.8. The molecular formula is C17H35IN4O. The van der Waals surface area contributed by atoms with Crippen molar-refractivity contribution in [3.05, 3.63) is 0 Å². The van der Waals surface area contributed by atoms with Crippen molar-refractivity contribution in [2.75, 3.05) is 26.7 Å². The van der Waals surface area contributed by atoms with E-state index in [2.05, 4.69) is 27.9 Å². The van der Waals surface area contributed by atoms with Crippen LogP contribution in [0.5, 0.6) is 0 Å². The van der Waals surface area contributed by atoms with E-state index in [9.17, 15) is 4.79 Å². The minimum absolute atomic E-state index is 0. The third-order valence-electron chi connectivity index (χ3n) is 4.25. The number of nitrogens with zero attached hydrogens (tertiary/aromatic N) is 1. The Bertz CT molecular complexity index is 331. The van der Waals surface area contributed by atoms with Gasteiger partial charge in [0.2, 0.25) is 5.91 Å². The van der Waals surface area contributed by atoms with Gasteiger partial charge in [-0.2, -0.15) is 0 Å². The predicted molar refractivity (Wildman–Crippen MR) is 109 cm³/mol. The Morgan fingerprint density at radius 1 is 1.04 bits per heavy atom. The van der Waals surface area contributed by atoms with E-state index >= 15 is 0 Å². The van der Waals surface area contributed by atoms with Crippen LogP contribution in [-0.2, 0) is 4.79 Å². The van der Waals surface area contributed by atoms with Crippen LogP contribution in [0, 0.1) is 5.92 Å². The Labute approximate surface area is 158 Å². The molecular weight excluding hydrogens is 403 g/mol. The quantitative estimate of drug-likeness (QED) is 0.213. The number of halogens is 1. The van der Waals surface area contributed by atoms with Crippen molar-refractivity contribution in [2.45, 2.75) is 64.7 Å². The summed E-state index contributed by atoms with van der Waals surface area (Å²) in [5, 5.41) is 9.38. The smallest absolute Gasteiger partial charge is 0.221 e. The number of aliphatic imine (C=N–C) groups is 1. The summed E-state index contributed by atoms with van der Waals surface area (Å²) in [5.74, 6) is 1.88. The second kappa shape index (κ2) is 15.0. The summed E-state index contributed by atoms with van der Waals surface area (Å²) >= 11 is 0. The molecule has 0 aromatic carbocycles. The Morgan fingerprint density at radius 2 is 1.74 bits per heavy atom. The van der Waals surface area contributed by atoms with Crippen molar-refractivity contribution in [1.29, 1.82) is 0 Å². The lowest BCUT2D eigenvalue weighted by atomic mass is 10.0. The highest BCUT2D eigenvalue weighted by Gasteiger charge is 2.13. The third-order valence-corrected chi connectivity index (χ3v) is 4.25. The maximum absolute atomic E-state index is 11.5. The number of amides is 1. The summed E-state index contributed by atoms with van der Waals surface area (Å²) in [6, 6.07) is 0. The second-order valence-corrected chi connectivity index (χ2v) is 6.17. The molecule has 1 amide bonds. The van der Waals surface area contributed by atoms with Crippen molar-refractivity contribution in [3.8, 4) is 0 Å². The van der Waals surface area contributed by atoms with Crippen LogP contribution in [-0.4, -0.2) is 38.5 Å². The van der Waals surface area contributed by atoms with Gasteiger partial charge in [0.1, 0.15) is 0 Å². The monoisotopic (exact) mass is 438 g/mol. The standard InChI is InChI=1S/C17H34N4O.HI/c1-3-12-19-16(22)11-14-21-17(18-2)20-13-7-6-10-15-8-4-5-9-15;/h15H,3-14H2,1-2H3,(H,19,22)(H2,18,20,21);1H. The van der Waals surface area contributed by atoms with Crippen molar-refractivity contribution in [3.63, 3.8) is 0 Å². The number of hydrogen-bond donors (Lipinski definition) is 3. The molecule has 1 fully saturated rings. The molecule has 0 aromatic rings. The number of rotatable bonds is 10. The number of guanidine groups is 1. The number of carbonyl (C=O) groups excluding carboxylic acids is 1. The Balaban J connectivity index is 0.00000484. The summed E-state index contributed by atoms with van der Waals surface area (Å²) in [6.45, 7) is 4.38. The number of nitrogens with one attached hydrogen (secondary N) is 3. The van der Waals surface area contributed by atoms with E-state index < -0.39 is 0 Å². The van der Waals surface area contributed by atoms with Crippen LogP contribution in [0.3, 0.4) is 0 Å². The second-order valence-electron chi connectivity index (χ2n) is 6.17. The average Bonchev–Trinajstić information content (AvgIpc) is 3.04. The molecule has 5 nitrogen and oxygen atoms in total. The van der Waals surface area contributed by atoms with Gasteiger partial charge in [0.15, 0.2) is 5.96 Å². The lowest BCUT2D eigenvalue weighted by Gasteiger charge is -2.12. The van der Waals surface area contributed by atoms with Gasteiger partial charge in [-0.05, 0) is 18.8 Å².